The quantitative estimate of drug-likeness (QED) is 0.330. The largest absolute Gasteiger partial charge is 0.490 e. The van der Waals surface area contributed by atoms with Crippen LogP contribution in [0.4, 0.5) is 0 Å². The highest BCUT2D eigenvalue weighted by molar-refractivity contribution is 5.77. The average molecular weight is 372 g/mol. The van der Waals surface area contributed by atoms with Crippen LogP contribution in [0.15, 0.2) is 36.7 Å². The van der Waals surface area contributed by atoms with Crippen molar-refractivity contribution in [2.75, 3.05) is 13.2 Å². The van der Waals surface area contributed by atoms with E-state index in [2.05, 4.69) is 16.9 Å². The van der Waals surface area contributed by atoms with Crippen LogP contribution in [0.1, 0.15) is 46.5 Å². The SMILES string of the molecule is CCCCCCOc1cnc(-c2ccc(OC(=O)C(C)OCC)cc2)nc1. The molecule has 0 aliphatic rings. The van der Waals surface area contributed by atoms with Gasteiger partial charge < -0.3 is 14.2 Å². The van der Waals surface area contributed by atoms with Crippen molar-refractivity contribution in [2.45, 2.75) is 52.6 Å². The van der Waals surface area contributed by atoms with Crippen LogP contribution in [0.5, 0.6) is 11.5 Å². The highest BCUT2D eigenvalue weighted by Gasteiger charge is 2.15. The van der Waals surface area contributed by atoms with Gasteiger partial charge in [-0.3, -0.25) is 0 Å². The molecule has 0 saturated heterocycles. The van der Waals surface area contributed by atoms with Gasteiger partial charge in [0.05, 0.1) is 19.0 Å². The molecule has 0 spiro atoms. The molecule has 27 heavy (non-hydrogen) atoms. The zero-order valence-electron chi connectivity index (χ0n) is 16.3. The highest BCUT2D eigenvalue weighted by atomic mass is 16.6. The summed E-state index contributed by atoms with van der Waals surface area (Å²) in [4.78, 5) is 20.5. The summed E-state index contributed by atoms with van der Waals surface area (Å²) in [6.07, 6.45) is 7.43. The first kappa shape index (κ1) is 20.8. The lowest BCUT2D eigenvalue weighted by Gasteiger charge is -2.11. The molecule has 6 heteroatoms. The molecule has 2 aromatic rings. The lowest BCUT2D eigenvalue weighted by molar-refractivity contribution is -0.145. The summed E-state index contributed by atoms with van der Waals surface area (Å²) in [5.74, 6) is 1.31. The van der Waals surface area contributed by atoms with Gasteiger partial charge in [0.25, 0.3) is 0 Å². The number of nitrogens with zero attached hydrogens (tertiary/aromatic N) is 2. The Bertz CT molecular complexity index is 686. The van der Waals surface area contributed by atoms with Gasteiger partial charge >= 0.3 is 5.97 Å². The molecule has 0 aliphatic carbocycles. The first-order valence-corrected chi connectivity index (χ1v) is 9.52. The third-order valence-corrected chi connectivity index (χ3v) is 3.97. The predicted molar refractivity (Wildman–Crippen MR) is 104 cm³/mol. The van der Waals surface area contributed by atoms with E-state index in [4.69, 9.17) is 14.2 Å². The Kier molecular flexibility index (Phi) is 8.71. The van der Waals surface area contributed by atoms with Crippen LogP contribution in [-0.2, 0) is 9.53 Å². The molecule has 1 atom stereocenters. The fourth-order valence-corrected chi connectivity index (χ4v) is 2.45. The topological polar surface area (TPSA) is 70.5 Å². The zero-order valence-corrected chi connectivity index (χ0v) is 16.3. The number of carbonyl (C=O) groups is 1. The molecule has 0 fully saturated rings. The van der Waals surface area contributed by atoms with Crippen LogP contribution < -0.4 is 9.47 Å². The van der Waals surface area contributed by atoms with Crippen molar-refractivity contribution < 1.29 is 19.0 Å². The smallest absolute Gasteiger partial charge is 0.340 e. The monoisotopic (exact) mass is 372 g/mol. The van der Waals surface area contributed by atoms with Gasteiger partial charge in [0, 0.05) is 12.2 Å². The Morgan fingerprint density at radius 1 is 1.00 bits per heavy atom. The maximum absolute atomic E-state index is 11.9. The van der Waals surface area contributed by atoms with Crippen molar-refractivity contribution in [3.8, 4) is 22.9 Å². The first-order valence-electron chi connectivity index (χ1n) is 9.52. The van der Waals surface area contributed by atoms with Crippen LogP contribution in [0.2, 0.25) is 0 Å². The molecule has 1 unspecified atom stereocenters. The summed E-state index contributed by atoms with van der Waals surface area (Å²) in [6.45, 7) is 6.84. The van der Waals surface area contributed by atoms with Gasteiger partial charge in [0.15, 0.2) is 17.7 Å². The van der Waals surface area contributed by atoms with Crippen LogP contribution in [-0.4, -0.2) is 35.3 Å². The van der Waals surface area contributed by atoms with Gasteiger partial charge in [0.1, 0.15) is 5.75 Å². The molecule has 1 aromatic carbocycles. The molecule has 0 aliphatic heterocycles. The molecule has 0 radical (unpaired) electrons. The van der Waals surface area contributed by atoms with E-state index in [0.717, 1.165) is 12.0 Å². The maximum Gasteiger partial charge on any atom is 0.340 e. The van der Waals surface area contributed by atoms with Crippen molar-refractivity contribution in [3.05, 3.63) is 36.7 Å². The van der Waals surface area contributed by atoms with Crippen molar-refractivity contribution in [1.29, 1.82) is 0 Å². The molecular weight excluding hydrogens is 344 g/mol. The Labute approximate surface area is 160 Å². The molecule has 146 valence electrons. The number of rotatable bonds is 11. The number of carbonyl (C=O) groups excluding carboxylic acids is 1. The Balaban J connectivity index is 1.88. The zero-order chi connectivity index (χ0) is 19.5. The van der Waals surface area contributed by atoms with Crippen LogP contribution in [0.3, 0.4) is 0 Å². The van der Waals surface area contributed by atoms with Gasteiger partial charge in [-0.2, -0.15) is 0 Å². The Hall–Kier alpha value is -2.47. The molecule has 2 rings (SSSR count). The van der Waals surface area contributed by atoms with E-state index in [-0.39, 0.29) is 0 Å². The molecule has 0 saturated carbocycles. The number of benzene rings is 1. The van der Waals surface area contributed by atoms with Gasteiger partial charge in [-0.25, -0.2) is 14.8 Å². The van der Waals surface area contributed by atoms with Crippen molar-refractivity contribution in [3.63, 3.8) is 0 Å². The number of unbranched alkanes of at least 4 members (excludes halogenated alkanes) is 3. The predicted octanol–water partition coefficient (Wildman–Crippen LogP) is 4.43. The third-order valence-electron chi connectivity index (χ3n) is 3.97. The molecule has 0 N–H and O–H groups in total. The fourth-order valence-electron chi connectivity index (χ4n) is 2.45. The standard InChI is InChI=1S/C21H28N2O4/c1-4-6-7-8-13-26-19-14-22-20(23-15-19)17-9-11-18(12-10-17)27-21(24)16(3)25-5-2/h9-12,14-16H,4-8,13H2,1-3H3. The summed E-state index contributed by atoms with van der Waals surface area (Å²) in [7, 11) is 0. The van der Waals surface area contributed by atoms with E-state index >= 15 is 0 Å². The summed E-state index contributed by atoms with van der Waals surface area (Å²) in [6, 6.07) is 7.06. The Morgan fingerprint density at radius 2 is 1.70 bits per heavy atom. The van der Waals surface area contributed by atoms with Gasteiger partial charge in [-0.15, -0.1) is 0 Å². The van der Waals surface area contributed by atoms with Gasteiger partial charge in [0.2, 0.25) is 0 Å². The van der Waals surface area contributed by atoms with Crippen molar-refractivity contribution in [1.82, 2.24) is 9.97 Å². The van der Waals surface area contributed by atoms with Gasteiger partial charge in [-0.05, 0) is 44.5 Å². The molecule has 6 nitrogen and oxygen atoms in total. The minimum atomic E-state index is -0.590. The van der Waals surface area contributed by atoms with E-state index in [1.54, 1.807) is 31.5 Å². The third kappa shape index (κ3) is 6.98. The average Bonchev–Trinajstić information content (AvgIpc) is 2.69. The lowest BCUT2D eigenvalue weighted by atomic mass is 10.2. The van der Waals surface area contributed by atoms with E-state index in [1.807, 2.05) is 19.1 Å². The molecule has 0 bridgehead atoms. The summed E-state index contributed by atoms with van der Waals surface area (Å²) >= 11 is 0. The van der Waals surface area contributed by atoms with Crippen LogP contribution in [0.25, 0.3) is 11.4 Å². The van der Waals surface area contributed by atoms with E-state index in [1.165, 1.54) is 19.3 Å². The van der Waals surface area contributed by atoms with Gasteiger partial charge in [-0.1, -0.05) is 26.2 Å². The minimum absolute atomic E-state index is 0.415. The maximum atomic E-state index is 11.9. The van der Waals surface area contributed by atoms with E-state index in [9.17, 15) is 4.79 Å². The number of aromatic nitrogens is 2. The lowest BCUT2D eigenvalue weighted by Crippen LogP contribution is -2.25. The second-order valence-electron chi connectivity index (χ2n) is 6.19. The number of hydrogen-bond acceptors (Lipinski definition) is 6. The molecule has 1 aromatic heterocycles. The molecule has 1 heterocycles. The number of hydrogen-bond donors (Lipinski definition) is 0. The molecular formula is C21H28N2O4. The summed E-state index contributed by atoms with van der Waals surface area (Å²) in [5.41, 5.74) is 0.835. The number of esters is 1. The second-order valence-corrected chi connectivity index (χ2v) is 6.19. The van der Waals surface area contributed by atoms with Crippen molar-refractivity contribution >= 4 is 5.97 Å². The minimum Gasteiger partial charge on any atom is -0.490 e. The van der Waals surface area contributed by atoms with Crippen LogP contribution in [0, 0.1) is 0 Å². The highest BCUT2D eigenvalue weighted by Crippen LogP contribution is 2.21. The normalized spacial score (nSPS) is 11.8. The molecule has 0 amide bonds. The van der Waals surface area contributed by atoms with Crippen LogP contribution >= 0.6 is 0 Å². The summed E-state index contributed by atoms with van der Waals surface area (Å²) < 4.78 is 16.2. The Morgan fingerprint density at radius 3 is 2.33 bits per heavy atom. The van der Waals surface area contributed by atoms with Crippen molar-refractivity contribution in [2.24, 2.45) is 0 Å². The van der Waals surface area contributed by atoms with E-state index < -0.39 is 12.1 Å². The first-order chi connectivity index (χ1) is 13.1. The second kappa shape index (κ2) is 11.3. The van der Waals surface area contributed by atoms with E-state index in [0.29, 0.717) is 30.5 Å². The number of ether oxygens (including phenoxy) is 3. The fraction of sp³-hybridized carbons (Fsp3) is 0.476. The summed E-state index contributed by atoms with van der Waals surface area (Å²) in [5, 5.41) is 0.